The highest BCUT2D eigenvalue weighted by atomic mass is 32.2. The molecule has 20 heavy (non-hydrogen) atoms. The Balaban J connectivity index is 3.09. The van der Waals surface area contributed by atoms with Crippen LogP contribution in [0.15, 0.2) is 22.6 Å². The summed E-state index contributed by atoms with van der Waals surface area (Å²) in [6, 6.07) is 3.07. The number of hydrogen-bond donors (Lipinski definition) is 0. The lowest BCUT2D eigenvalue weighted by molar-refractivity contribution is -0.137. The molecule has 1 aromatic carbocycles. The van der Waals surface area contributed by atoms with Gasteiger partial charge in [0.25, 0.3) is 0 Å². The SMILES string of the molecule is COc1cc(C(F)(F)F)ccc1C=N[S@@](=O)C(C)(C)C. The predicted octanol–water partition coefficient (Wildman–Crippen LogP) is 3.60. The molecule has 0 aliphatic rings. The highest BCUT2D eigenvalue weighted by molar-refractivity contribution is 7.85. The molecule has 0 spiro atoms. The van der Waals surface area contributed by atoms with Crippen molar-refractivity contribution in [2.75, 3.05) is 7.11 Å². The number of benzene rings is 1. The number of alkyl halides is 3. The van der Waals surface area contributed by atoms with E-state index in [9.17, 15) is 17.4 Å². The van der Waals surface area contributed by atoms with Gasteiger partial charge in [-0.15, -0.1) is 0 Å². The summed E-state index contributed by atoms with van der Waals surface area (Å²) in [5.74, 6) is 0.0366. The molecule has 0 saturated heterocycles. The van der Waals surface area contributed by atoms with E-state index in [1.165, 1.54) is 19.4 Å². The molecule has 7 heteroatoms. The summed E-state index contributed by atoms with van der Waals surface area (Å²) < 4.78 is 57.7. The Kier molecular flexibility index (Phi) is 4.96. The topological polar surface area (TPSA) is 38.7 Å². The molecule has 0 aliphatic heterocycles. The lowest BCUT2D eigenvalue weighted by atomic mass is 10.1. The fourth-order valence-corrected chi connectivity index (χ4v) is 1.78. The van der Waals surface area contributed by atoms with E-state index >= 15 is 0 Å². The first-order valence-electron chi connectivity index (χ1n) is 5.77. The van der Waals surface area contributed by atoms with E-state index in [0.717, 1.165) is 12.1 Å². The molecule has 0 fully saturated rings. The van der Waals surface area contributed by atoms with Crippen LogP contribution in [0, 0.1) is 0 Å². The van der Waals surface area contributed by atoms with Crippen molar-refractivity contribution in [3.63, 3.8) is 0 Å². The van der Waals surface area contributed by atoms with Crippen LogP contribution in [0.5, 0.6) is 5.75 Å². The molecule has 0 heterocycles. The third-order valence-corrected chi connectivity index (χ3v) is 3.72. The van der Waals surface area contributed by atoms with Gasteiger partial charge in [-0.25, -0.2) is 4.21 Å². The number of methoxy groups -OCH3 is 1. The summed E-state index contributed by atoms with van der Waals surface area (Å²) in [7, 11) is -0.207. The monoisotopic (exact) mass is 307 g/mol. The first kappa shape index (κ1) is 16.7. The summed E-state index contributed by atoms with van der Waals surface area (Å²) in [5.41, 5.74) is -0.457. The van der Waals surface area contributed by atoms with Crippen LogP contribution in [0.1, 0.15) is 31.9 Å². The standard InChI is InChI=1S/C13H16F3NO2S/c1-12(2,3)20(18)17-8-9-5-6-10(13(14,15)16)7-11(9)19-4/h5-8H,1-4H3/t20-/m0/s1. The van der Waals surface area contributed by atoms with E-state index in [1.807, 2.05) is 0 Å². The minimum atomic E-state index is -4.43. The van der Waals surface area contributed by atoms with Gasteiger partial charge < -0.3 is 4.74 Å². The largest absolute Gasteiger partial charge is 0.496 e. The molecule has 0 aliphatic carbocycles. The Morgan fingerprint density at radius 3 is 2.30 bits per heavy atom. The zero-order valence-electron chi connectivity index (χ0n) is 11.6. The van der Waals surface area contributed by atoms with Crippen LogP contribution in [0.4, 0.5) is 13.2 Å². The van der Waals surface area contributed by atoms with Gasteiger partial charge in [0.2, 0.25) is 0 Å². The summed E-state index contributed by atoms with van der Waals surface area (Å²) >= 11 is 0. The van der Waals surface area contributed by atoms with Crippen LogP contribution in [0.2, 0.25) is 0 Å². The Morgan fingerprint density at radius 2 is 1.85 bits per heavy atom. The molecule has 0 radical (unpaired) electrons. The minimum absolute atomic E-state index is 0.0366. The predicted molar refractivity (Wildman–Crippen MR) is 73.5 cm³/mol. The Labute approximate surface area is 118 Å². The van der Waals surface area contributed by atoms with Crippen molar-refractivity contribution >= 4 is 17.2 Å². The second-order valence-corrected chi connectivity index (χ2v) is 6.98. The van der Waals surface area contributed by atoms with Gasteiger partial charge in [0.15, 0.2) is 0 Å². The van der Waals surface area contributed by atoms with Crippen LogP contribution in [-0.4, -0.2) is 22.3 Å². The Morgan fingerprint density at radius 1 is 1.25 bits per heavy atom. The number of nitrogens with zero attached hydrogens (tertiary/aromatic N) is 1. The molecule has 3 nitrogen and oxygen atoms in total. The number of ether oxygens (including phenoxy) is 1. The van der Waals surface area contributed by atoms with Crippen molar-refractivity contribution in [2.24, 2.45) is 4.40 Å². The van der Waals surface area contributed by atoms with E-state index in [-0.39, 0.29) is 5.75 Å². The zero-order valence-corrected chi connectivity index (χ0v) is 12.4. The zero-order chi connectivity index (χ0) is 15.6. The first-order valence-corrected chi connectivity index (χ1v) is 6.87. The van der Waals surface area contributed by atoms with E-state index < -0.39 is 27.5 Å². The molecule has 1 rings (SSSR count). The lowest BCUT2D eigenvalue weighted by Gasteiger charge is -2.13. The Hall–Kier alpha value is -1.37. The van der Waals surface area contributed by atoms with Crippen molar-refractivity contribution < 1.29 is 22.1 Å². The average molecular weight is 307 g/mol. The number of rotatable bonds is 3. The lowest BCUT2D eigenvalue weighted by Crippen LogP contribution is -2.19. The van der Waals surface area contributed by atoms with E-state index in [4.69, 9.17) is 4.74 Å². The van der Waals surface area contributed by atoms with Crippen molar-refractivity contribution in [3.8, 4) is 5.75 Å². The summed E-state index contributed by atoms with van der Waals surface area (Å²) in [5, 5.41) is 0. The van der Waals surface area contributed by atoms with Crippen LogP contribution in [-0.2, 0) is 17.2 Å². The minimum Gasteiger partial charge on any atom is -0.496 e. The van der Waals surface area contributed by atoms with E-state index in [1.54, 1.807) is 20.8 Å². The van der Waals surface area contributed by atoms with E-state index in [0.29, 0.717) is 5.56 Å². The third-order valence-electron chi connectivity index (χ3n) is 2.37. The fraction of sp³-hybridized carbons (Fsp3) is 0.462. The summed E-state index contributed by atoms with van der Waals surface area (Å²) in [6.07, 6.45) is -3.17. The van der Waals surface area contributed by atoms with Gasteiger partial charge in [-0.05, 0) is 39.0 Å². The van der Waals surface area contributed by atoms with Gasteiger partial charge in [-0.3, -0.25) is 0 Å². The van der Waals surface area contributed by atoms with Gasteiger partial charge >= 0.3 is 6.18 Å². The smallest absolute Gasteiger partial charge is 0.416 e. The number of hydrogen-bond acceptors (Lipinski definition) is 2. The van der Waals surface area contributed by atoms with Gasteiger partial charge in [0.1, 0.15) is 16.7 Å². The second kappa shape index (κ2) is 5.95. The molecule has 0 amide bonds. The van der Waals surface area contributed by atoms with Crippen LogP contribution < -0.4 is 4.74 Å². The van der Waals surface area contributed by atoms with Gasteiger partial charge in [0.05, 0.1) is 17.4 Å². The molecule has 0 bridgehead atoms. The molecule has 112 valence electrons. The maximum atomic E-state index is 12.6. The molecule has 0 aromatic heterocycles. The van der Waals surface area contributed by atoms with Crippen LogP contribution >= 0.6 is 0 Å². The molecule has 0 saturated carbocycles. The normalized spacial score (nSPS) is 14.6. The van der Waals surface area contributed by atoms with Crippen LogP contribution in [0.25, 0.3) is 0 Å². The average Bonchev–Trinajstić information content (AvgIpc) is 2.33. The summed E-state index contributed by atoms with van der Waals surface area (Å²) in [6.45, 7) is 5.26. The third kappa shape index (κ3) is 4.33. The molecule has 1 atom stereocenters. The highest BCUT2D eigenvalue weighted by Crippen LogP contribution is 2.32. The maximum absolute atomic E-state index is 12.6. The van der Waals surface area contributed by atoms with E-state index in [2.05, 4.69) is 4.40 Å². The summed E-state index contributed by atoms with van der Waals surface area (Å²) in [4.78, 5) is 0. The van der Waals surface area contributed by atoms with Crippen LogP contribution in [0.3, 0.4) is 0 Å². The number of halogens is 3. The molecular formula is C13H16F3NO2S. The highest BCUT2D eigenvalue weighted by Gasteiger charge is 2.31. The fourth-order valence-electron chi connectivity index (χ4n) is 1.26. The first-order chi connectivity index (χ1) is 9.05. The van der Waals surface area contributed by atoms with Gasteiger partial charge in [0, 0.05) is 11.8 Å². The van der Waals surface area contributed by atoms with Crippen molar-refractivity contribution in [3.05, 3.63) is 29.3 Å². The van der Waals surface area contributed by atoms with Gasteiger partial charge in [-0.2, -0.15) is 17.6 Å². The quantitative estimate of drug-likeness (QED) is 0.800. The second-order valence-electron chi connectivity index (χ2n) is 5.05. The molecule has 0 unspecified atom stereocenters. The van der Waals surface area contributed by atoms with Gasteiger partial charge in [-0.1, -0.05) is 0 Å². The van der Waals surface area contributed by atoms with Crippen molar-refractivity contribution in [2.45, 2.75) is 31.7 Å². The Bertz CT molecular complexity index is 533. The molecule has 0 N–H and O–H groups in total. The molecular weight excluding hydrogens is 291 g/mol. The molecule has 1 aromatic rings. The van der Waals surface area contributed by atoms with Crippen molar-refractivity contribution in [1.82, 2.24) is 0 Å². The maximum Gasteiger partial charge on any atom is 0.416 e. The van der Waals surface area contributed by atoms with Crippen molar-refractivity contribution in [1.29, 1.82) is 0 Å².